The molecule has 7 heteroatoms. The first-order valence-electron chi connectivity index (χ1n) is 10.6. The Kier molecular flexibility index (Phi) is 5.30. The maximum atomic E-state index is 12.8. The normalized spacial score (nSPS) is 18.4. The highest BCUT2D eigenvalue weighted by Gasteiger charge is 2.45. The van der Waals surface area contributed by atoms with Crippen LogP contribution in [0, 0.1) is 6.92 Å². The zero-order valence-electron chi connectivity index (χ0n) is 17.8. The maximum absolute atomic E-state index is 12.8. The van der Waals surface area contributed by atoms with Crippen LogP contribution < -0.4 is 10.4 Å². The lowest BCUT2D eigenvalue weighted by atomic mass is 9.85. The fourth-order valence-corrected chi connectivity index (χ4v) is 4.79. The van der Waals surface area contributed by atoms with Crippen LogP contribution >= 0.6 is 0 Å². The van der Waals surface area contributed by atoms with Gasteiger partial charge in [0.25, 0.3) is 5.91 Å². The van der Waals surface area contributed by atoms with Crippen molar-refractivity contribution >= 4 is 22.8 Å². The summed E-state index contributed by atoms with van der Waals surface area (Å²) in [6, 6.07) is 5.17. The summed E-state index contributed by atoms with van der Waals surface area (Å²) in [6.45, 7) is 5.06. The minimum atomic E-state index is -0.385. The molecule has 30 heavy (non-hydrogen) atoms. The van der Waals surface area contributed by atoms with Gasteiger partial charge in [-0.05, 0) is 55.9 Å². The molecule has 2 fully saturated rings. The number of amides is 2. The SMILES string of the molecule is CCc1cc(=O)oc2cc(C)cc(OCC(=O)N3CCC4(CCC(=O)N4C)CC3)c12. The number of hydrogen-bond donors (Lipinski definition) is 0. The number of ether oxygens (including phenoxy) is 1. The van der Waals surface area contributed by atoms with E-state index >= 15 is 0 Å². The van der Waals surface area contributed by atoms with Crippen LogP contribution in [0.2, 0.25) is 0 Å². The molecule has 2 saturated heterocycles. The molecule has 2 aromatic rings. The van der Waals surface area contributed by atoms with Crippen LogP contribution in [-0.4, -0.2) is 53.9 Å². The summed E-state index contributed by atoms with van der Waals surface area (Å²) in [5.41, 5.74) is 1.75. The Labute approximate surface area is 175 Å². The Morgan fingerprint density at radius 1 is 1.17 bits per heavy atom. The van der Waals surface area contributed by atoms with Crippen LogP contribution in [-0.2, 0) is 16.0 Å². The van der Waals surface area contributed by atoms with Gasteiger partial charge < -0.3 is 19.0 Å². The third-order valence-corrected chi connectivity index (χ3v) is 6.70. The minimum Gasteiger partial charge on any atom is -0.483 e. The lowest BCUT2D eigenvalue weighted by molar-refractivity contribution is -0.137. The summed E-state index contributed by atoms with van der Waals surface area (Å²) < 4.78 is 11.3. The Bertz CT molecular complexity index is 1050. The molecule has 4 rings (SSSR count). The van der Waals surface area contributed by atoms with E-state index in [-0.39, 0.29) is 29.6 Å². The third-order valence-electron chi connectivity index (χ3n) is 6.70. The summed E-state index contributed by atoms with van der Waals surface area (Å²) in [5, 5.41) is 0.749. The second kappa shape index (κ2) is 7.78. The largest absolute Gasteiger partial charge is 0.483 e. The van der Waals surface area contributed by atoms with E-state index in [4.69, 9.17) is 9.15 Å². The number of carbonyl (C=O) groups is 2. The first-order chi connectivity index (χ1) is 14.3. The molecule has 0 aliphatic carbocycles. The molecule has 0 saturated carbocycles. The number of fused-ring (bicyclic) bond motifs is 1. The molecule has 0 atom stereocenters. The molecule has 0 unspecified atom stereocenters. The average molecular weight is 412 g/mol. The average Bonchev–Trinajstić information content (AvgIpc) is 2.99. The highest BCUT2D eigenvalue weighted by Crippen LogP contribution is 2.38. The van der Waals surface area contributed by atoms with Crippen LogP contribution in [0.4, 0.5) is 0 Å². The number of benzene rings is 1. The van der Waals surface area contributed by atoms with Crippen LogP contribution in [0.15, 0.2) is 27.4 Å². The number of likely N-dealkylation sites (tertiary alicyclic amines) is 2. The van der Waals surface area contributed by atoms with Gasteiger partial charge in [0.05, 0.1) is 5.39 Å². The molecule has 0 radical (unpaired) electrons. The van der Waals surface area contributed by atoms with E-state index in [2.05, 4.69) is 0 Å². The second-order valence-electron chi connectivity index (χ2n) is 8.43. The standard InChI is InChI=1S/C23H28N2O5/c1-4-16-13-21(28)30-18-12-15(2)11-17(22(16)18)29-14-20(27)25-9-7-23(8-10-25)6-5-19(26)24(23)3/h11-13H,4-10,14H2,1-3H3. The van der Waals surface area contributed by atoms with Gasteiger partial charge in [-0.25, -0.2) is 4.79 Å². The summed E-state index contributed by atoms with van der Waals surface area (Å²) in [4.78, 5) is 40.2. The van der Waals surface area contributed by atoms with Crippen molar-refractivity contribution in [1.82, 2.24) is 9.80 Å². The van der Waals surface area contributed by atoms with Crippen molar-refractivity contribution in [2.24, 2.45) is 0 Å². The number of nitrogens with zero attached hydrogens (tertiary/aromatic N) is 2. The number of carbonyl (C=O) groups excluding carboxylic acids is 2. The van der Waals surface area contributed by atoms with Gasteiger partial charge in [0, 0.05) is 38.2 Å². The van der Waals surface area contributed by atoms with Crippen molar-refractivity contribution in [3.63, 3.8) is 0 Å². The quantitative estimate of drug-likeness (QED) is 0.722. The highest BCUT2D eigenvalue weighted by molar-refractivity contribution is 5.88. The van der Waals surface area contributed by atoms with Crippen molar-refractivity contribution in [3.05, 3.63) is 39.7 Å². The molecular formula is C23H28N2O5. The lowest BCUT2D eigenvalue weighted by Crippen LogP contribution is -2.53. The number of piperidine rings is 1. The summed E-state index contributed by atoms with van der Waals surface area (Å²) in [5.74, 6) is 0.693. The first-order valence-corrected chi connectivity index (χ1v) is 10.6. The van der Waals surface area contributed by atoms with Crippen molar-refractivity contribution in [2.75, 3.05) is 26.7 Å². The van der Waals surface area contributed by atoms with Crippen LogP contribution in [0.1, 0.15) is 43.7 Å². The third kappa shape index (κ3) is 3.57. The molecule has 160 valence electrons. The van der Waals surface area contributed by atoms with Crippen molar-refractivity contribution in [2.45, 2.75) is 51.5 Å². The Morgan fingerprint density at radius 2 is 1.90 bits per heavy atom. The molecule has 7 nitrogen and oxygen atoms in total. The smallest absolute Gasteiger partial charge is 0.336 e. The van der Waals surface area contributed by atoms with Gasteiger partial charge >= 0.3 is 5.63 Å². The topological polar surface area (TPSA) is 80.1 Å². The van der Waals surface area contributed by atoms with Gasteiger partial charge in [-0.15, -0.1) is 0 Å². The molecular weight excluding hydrogens is 384 g/mol. The highest BCUT2D eigenvalue weighted by atomic mass is 16.5. The van der Waals surface area contributed by atoms with Crippen LogP contribution in [0.5, 0.6) is 5.75 Å². The Hall–Kier alpha value is -2.83. The summed E-state index contributed by atoms with van der Waals surface area (Å²) >= 11 is 0. The van der Waals surface area contributed by atoms with Gasteiger partial charge in [0.15, 0.2) is 6.61 Å². The summed E-state index contributed by atoms with van der Waals surface area (Å²) in [7, 11) is 1.88. The maximum Gasteiger partial charge on any atom is 0.336 e. The van der Waals surface area contributed by atoms with E-state index in [0.29, 0.717) is 37.3 Å². The van der Waals surface area contributed by atoms with Gasteiger partial charge in [-0.1, -0.05) is 6.92 Å². The molecule has 1 spiro atoms. The fraction of sp³-hybridized carbons (Fsp3) is 0.522. The van der Waals surface area contributed by atoms with Crippen LogP contribution in [0.25, 0.3) is 11.0 Å². The molecule has 2 amide bonds. The molecule has 2 aliphatic rings. The predicted molar refractivity (Wildman–Crippen MR) is 113 cm³/mol. The van der Waals surface area contributed by atoms with Gasteiger partial charge in [-0.3, -0.25) is 9.59 Å². The van der Waals surface area contributed by atoms with E-state index in [1.165, 1.54) is 6.07 Å². The second-order valence-corrected chi connectivity index (χ2v) is 8.43. The Balaban J connectivity index is 1.47. The fourth-order valence-electron chi connectivity index (χ4n) is 4.79. The zero-order chi connectivity index (χ0) is 21.5. The van der Waals surface area contributed by atoms with E-state index < -0.39 is 0 Å². The van der Waals surface area contributed by atoms with Crippen molar-refractivity contribution < 1.29 is 18.7 Å². The van der Waals surface area contributed by atoms with E-state index in [1.54, 1.807) is 0 Å². The molecule has 3 heterocycles. The number of rotatable bonds is 4. The van der Waals surface area contributed by atoms with Gasteiger partial charge in [-0.2, -0.15) is 0 Å². The van der Waals surface area contributed by atoms with Crippen molar-refractivity contribution in [1.29, 1.82) is 0 Å². The number of hydrogen-bond acceptors (Lipinski definition) is 5. The molecule has 2 aliphatic heterocycles. The van der Waals surface area contributed by atoms with E-state index in [9.17, 15) is 14.4 Å². The van der Waals surface area contributed by atoms with Crippen molar-refractivity contribution in [3.8, 4) is 5.75 Å². The zero-order valence-corrected chi connectivity index (χ0v) is 17.8. The molecule has 0 bridgehead atoms. The van der Waals surface area contributed by atoms with E-state index in [1.807, 2.05) is 42.8 Å². The molecule has 1 aromatic heterocycles. The monoisotopic (exact) mass is 412 g/mol. The molecule has 0 N–H and O–H groups in total. The van der Waals surface area contributed by atoms with Gasteiger partial charge in [0.1, 0.15) is 11.3 Å². The summed E-state index contributed by atoms with van der Waals surface area (Å²) in [6.07, 6.45) is 3.75. The predicted octanol–water partition coefficient (Wildman–Crippen LogP) is 2.66. The molecule has 1 aromatic carbocycles. The Morgan fingerprint density at radius 3 is 2.53 bits per heavy atom. The van der Waals surface area contributed by atoms with Crippen LogP contribution in [0.3, 0.4) is 0 Å². The van der Waals surface area contributed by atoms with E-state index in [0.717, 1.165) is 35.8 Å². The lowest BCUT2D eigenvalue weighted by Gasteiger charge is -2.43. The number of aryl methyl sites for hydroxylation is 2. The first kappa shape index (κ1) is 20.4. The van der Waals surface area contributed by atoms with Gasteiger partial charge in [0.2, 0.25) is 5.91 Å². The minimum absolute atomic E-state index is 0.0669.